The lowest BCUT2D eigenvalue weighted by Crippen LogP contribution is -2.29. The van der Waals surface area contributed by atoms with Gasteiger partial charge >= 0.3 is 12.1 Å². The van der Waals surface area contributed by atoms with Crippen molar-refractivity contribution in [2.45, 2.75) is 32.8 Å². The van der Waals surface area contributed by atoms with Crippen LogP contribution in [0.4, 0.5) is 10.5 Å². The Morgan fingerprint density at radius 3 is 2.52 bits per heavy atom. The number of benzene rings is 2. The van der Waals surface area contributed by atoms with Crippen LogP contribution in [0, 0.1) is 16.7 Å². The summed E-state index contributed by atoms with van der Waals surface area (Å²) < 4.78 is 11.5. The molecule has 0 bridgehead atoms. The quantitative estimate of drug-likeness (QED) is 0.423. The summed E-state index contributed by atoms with van der Waals surface area (Å²) in [6.45, 7) is 3.76. The molecule has 0 aliphatic carbocycles. The summed E-state index contributed by atoms with van der Waals surface area (Å²) in [6.07, 6.45) is 2.23. The number of ether oxygens (including phenoxy) is 2. The van der Waals surface area contributed by atoms with Gasteiger partial charge in [-0.15, -0.1) is 0 Å². The second-order valence-electron chi connectivity index (χ2n) is 7.98. The van der Waals surface area contributed by atoms with Crippen LogP contribution in [-0.4, -0.2) is 35.5 Å². The topological polar surface area (TPSA) is 129 Å². The number of carboxylic acid groups (broad SMARTS) is 1. The highest BCUT2D eigenvalue weighted by molar-refractivity contribution is 5.85. The Morgan fingerprint density at radius 1 is 1.18 bits per heavy atom. The van der Waals surface area contributed by atoms with Crippen LogP contribution < -0.4 is 10.1 Å². The molecule has 2 aromatic carbocycles. The molecular formula is C25H28N2O6. The van der Waals surface area contributed by atoms with Gasteiger partial charge in [-0.1, -0.05) is 38.1 Å². The van der Waals surface area contributed by atoms with E-state index in [4.69, 9.17) is 24.9 Å². The summed E-state index contributed by atoms with van der Waals surface area (Å²) in [5, 5.41) is 29.6. The zero-order valence-corrected chi connectivity index (χ0v) is 18.7. The van der Waals surface area contributed by atoms with Gasteiger partial charge in [0.1, 0.15) is 18.5 Å². The van der Waals surface area contributed by atoms with E-state index in [2.05, 4.69) is 5.32 Å². The lowest BCUT2D eigenvalue weighted by Gasteiger charge is -2.35. The molecular weight excluding hydrogens is 424 g/mol. The molecule has 8 nitrogen and oxygen atoms in total. The number of nitrogens with zero attached hydrogens (tertiary/aromatic N) is 1. The lowest BCUT2D eigenvalue weighted by molar-refractivity contribution is -0.131. The summed E-state index contributed by atoms with van der Waals surface area (Å²) in [4.78, 5) is 23.5. The van der Waals surface area contributed by atoms with Crippen molar-refractivity contribution in [2.24, 2.45) is 5.41 Å². The number of nitrogens with one attached hydrogen (secondary N) is 1. The largest absolute Gasteiger partial charge is 0.491 e. The molecule has 0 aliphatic heterocycles. The minimum Gasteiger partial charge on any atom is -0.491 e. The number of rotatable bonds is 11. The van der Waals surface area contributed by atoms with Gasteiger partial charge in [0.25, 0.3) is 0 Å². The molecule has 2 aromatic rings. The van der Waals surface area contributed by atoms with Gasteiger partial charge in [0.2, 0.25) is 0 Å². The second kappa shape index (κ2) is 12.3. The molecule has 2 rings (SSSR count). The Hall–Kier alpha value is -3.83. The minimum absolute atomic E-state index is 0.0863. The predicted molar refractivity (Wildman–Crippen MR) is 123 cm³/mol. The molecule has 33 heavy (non-hydrogen) atoms. The number of anilines is 1. The third-order valence-electron chi connectivity index (χ3n) is 4.96. The fraction of sp³-hybridized carbons (Fsp3) is 0.320. The SMILES string of the molecule is CC(C)(CC/C=C/C(=O)O)[C@@H](OC(=O)Nc1ccc(C#N)cc1)c1ccccc1OCCO. The van der Waals surface area contributed by atoms with Crippen molar-refractivity contribution in [3.63, 3.8) is 0 Å². The lowest BCUT2D eigenvalue weighted by atomic mass is 9.78. The third kappa shape index (κ3) is 7.98. The van der Waals surface area contributed by atoms with E-state index in [-0.39, 0.29) is 13.2 Å². The number of para-hydroxylation sites is 1. The Bertz CT molecular complexity index is 1010. The van der Waals surface area contributed by atoms with Crippen LogP contribution in [-0.2, 0) is 9.53 Å². The summed E-state index contributed by atoms with van der Waals surface area (Å²) in [5.41, 5.74) is 0.985. The van der Waals surface area contributed by atoms with E-state index in [0.717, 1.165) is 6.08 Å². The number of carboxylic acids is 1. The van der Waals surface area contributed by atoms with Crippen LogP contribution in [0.5, 0.6) is 5.75 Å². The summed E-state index contributed by atoms with van der Waals surface area (Å²) >= 11 is 0. The Morgan fingerprint density at radius 2 is 1.88 bits per heavy atom. The van der Waals surface area contributed by atoms with Gasteiger partial charge in [0.05, 0.1) is 18.2 Å². The first-order valence-corrected chi connectivity index (χ1v) is 10.5. The minimum atomic E-state index is -1.02. The standard InChI is InChI=1S/C25H28N2O6/c1-25(2,14-6-5-9-22(29)30)23(20-7-3-4-8-21(20)32-16-15-28)33-24(31)27-19-12-10-18(17-26)11-13-19/h3-5,7-13,23,28H,6,14-16H2,1-2H3,(H,27,31)(H,29,30)/b9-5+/t23-/m0/s1. The first-order valence-electron chi connectivity index (χ1n) is 10.5. The van der Waals surface area contributed by atoms with E-state index < -0.39 is 23.6 Å². The first-order chi connectivity index (χ1) is 15.8. The van der Waals surface area contributed by atoms with E-state index in [1.54, 1.807) is 54.6 Å². The first kappa shape index (κ1) is 25.4. The normalized spacial score (nSPS) is 12.1. The Kier molecular flexibility index (Phi) is 9.45. The molecule has 0 unspecified atom stereocenters. The van der Waals surface area contributed by atoms with Crippen molar-refractivity contribution in [1.82, 2.24) is 0 Å². The molecule has 0 aromatic heterocycles. The van der Waals surface area contributed by atoms with E-state index in [1.165, 1.54) is 0 Å². The maximum atomic E-state index is 12.8. The van der Waals surface area contributed by atoms with Crippen LogP contribution in [0.1, 0.15) is 43.9 Å². The van der Waals surface area contributed by atoms with Crippen LogP contribution in [0.15, 0.2) is 60.7 Å². The molecule has 8 heteroatoms. The van der Waals surface area contributed by atoms with Crippen LogP contribution >= 0.6 is 0 Å². The number of nitriles is 1. The number of carbonyl (C=O) groups is 2. The molecule has 0 saturated heterocycles. The van der Waals surface area contributed by atoms with E-state index in [1.807, 2.05) is 19.9 Å². The van der Waals surface area contributed by atoms with Crippen molar-refractivity contribution in [2.75, 3.05) is 18.5 Å². The number of aliphatic carboxylic acids is 1. The average molecular weight is 453 g/mol. The molecule has 0 aliphatic rings. The number of aliphatic hydroxyl groups is 1. The molecule has 1 amide bonds. The van der Waals surface area contributed by atoms with Gasteiger partial charge in [-0.25, -0.2) is 9.59 Å². The van der Waals surface area contributed by atoms with Crippen molar-refractivity contribution in [3.8, 4) is 11.8 Å². The highest BCUT2D eigenvalue weighted by Crippen LogP contribution is 2.44. The fourth-order valence-corrected chi connectivity index (χ4v) is 3.28. The van der Waals surface area contributed by atoms with Crippen LogP contribution in [0.2, 0.25) is 0 Å². The summed E-state index contributed by atoms with van der Waals surface area (Å²) in [7, 11) is 0. The number of carbonyl (C=O) groups excluding carboxylic acids is 1. The second-order valence-corrected chi connectivity index (χ2v) is 7.98. The van der Waals surface area contributed by atoms with Gasteiger partial charge in [-0.3, -0.25) is 5.32 Å². The summed E-state index contributed by atoms with van der Waals surface area (Å²) in [5.74, 6) is -0.540. The van der Waals surface area contributed by atoms with E-state index in [9.17, 15) is 9.59 Å². The van der Waals surface area contributed by atoms with Crippen LogP contribution in [0.3, 0.4) is 0 Å². The van der Waals surface area contributed by atoms with E-state index in [0.29, 0.717) is 35.4 Å². The monoisotopic (exact) mass is 452 g/mol. The van der Waals surface area contributed by atoms with Crippen molar-refractivity contribution in [1.29, 1.82) is 5.26 Å². The zero-order valence-electron chi connectivity index (χ0n) is 18.7. The van der Waals surface area contributed by atoms with Crippen molar-refractivity contribution >= 4 is 17.7 Å². The average Bonchev–Trinajstić information content (AvgIpc) is 2.79. The highest BCUT2D eigenvalue weighted by atomic mass is 16.6. The van der Waals surface area contributed by atoms with Crippen molar-refractivity contribution < 1.29 is 29.3 Å². The maximum Gasteiger partial charge on any atom is 0.412 e. The number of allylic oxidation sites excluding steroid dienone is 1. The molecule has 0 heterocycles. The van der Waals surface area contributed by atoms with E-state index >= 15 is 0 Å². The summed E-state index contributed by atoms with van der Waals surface area (Å²) in [6, 6.07) is 15.5. The molecule has 174 valence electrons. The van der Waals surface area contributed by atoms with Gasteiger partial charge in [-0.05, 0) is 43.2 Å². The van der Waals surface area contributed by atoms with Crippen LogP contribution in [0.25, 0.3) is 0 Å². The van der Waals surface area contributed by atoms with Gasteiger partial charge < -0.3 is 19.7 Å². The number of hydrogen-bond donors (Lipinski definition) is 3. The molecule has 0 spiro atoms. The Balaban J connectivity index is 2.28. The molecule has 3 N–H and O–H groups in total. The molecule has 0 saturated carbocycles. The van der Waals surface area contributed by atoms with Gasteiger partial charge in [0.15, 0.2) is 0 Å². The van der Waals surface area contributed by atoms with Crippen molar-refractivity contribution in [3.05, 3.63) is 71.8 Å². The number of amides is 1. The van der Waals surface area contributed by atoms with Gasteiger partial charge in [-0.2, -0.15) is 5.26 Å². The third-order valence-corrected chi connectivity index (χ3v) is 4.96. The zero-order chi connectivity index (χ0) is 24.3. The number of hydrogen-bond acceptors (Lipinski definition) is 6. The predicted octanol–water partition coefficient (Wildman–Crippen LogP) is 4.67. The highest BCUT2D eigenvalue weighted by Gasteiger charge is 2.35. The smallest absolute Gasteiger partial charge is 0.412 e. The molecule has 0 fully saturated rings. The molecule has 0 radical (unpaired) electrons. The fourth-order valence-electron chi connectivity index (χ4n) is 3.28. The van der Waals surface area contributed by atoms with Gasteiger partial charge in [0, 0.05) is 22.7 Å². The maximum absolute atomic E-state index is 12.8. The Labute approximate surface area is 193 Å². The molecule has 1 atom stereocenters. The number of aliphatic hydroxyl groups excluding tert-OH is 1.